The number of nitrogens with one attached hydrogen (secondary N) is 1. The van der Waals surface area contributed by atoms with Gasteiger partial charge in [0.25, 0.3) is 0 Å². The second-order valence-corrected chi connectivity index (χ2v) is 8.96. The van der Waals surface area contributed by atoms with Gasteiger partial charge in [-0.2, -0.15) is 0 Å². The molecule has 0 radical (unpaired) electrons. The number of aromatic nitrogens is 1. The maximum Gasteiger partial charge on any atom is 0.226 e. The summed E-state index contributed by atoms with van der Waals surface area (Å²) in [6.07, 6.45) is 7.55. The predicted octanol–water partition coefficient (Wildman–Crippen LogP) is 6.17. The van der Waals surface area contributed by atoms with Crippen molar-refractivity contribution in [2.24, 2.45) is 0 Å². The van der Waals surface area contributed by atoms with E-state index in [1.165, 1.54) is 31.2 Å². The van der Waals surface area contributed by atoms with Gasteiger partial charge in [0.15, 0.2) is 0 Å². The largest absolute Gasteiger partial charge is 0.353 e. The average molecular weight is 405 g/mol. The van der Waals surface area contributed by atoms with Gasteiger partial charge in [0, 0.05) is 11.6 Å². The number of hydrogen-bond donors (Lipinski definition) is 1. The van der Waals surface area contributed by atoms with Crippen molar-refractivity contribution in [3.63, 3.8) is 0 Å². The van der Waals surface area contributed by atoms with Gasteiger partial charge in [-0.15, -0.1) is 11.3 Å². The summed E-state index contributed by atoms with van der Waals surface area (Å²) < 4.78 is 0. The fraction of sp³-hybridized carbons (Fsp3) is 0.360. The minimum absolute atomic E-state index is 0.0928. The number of aryl methyl sites for hydroxylation is 1. The quantitative estimate of drug-likeness (QED) is 0.517. The van der Waals surface area contributed by atoms with E-state index in [0.717, 1.165) is 39.5 Å². The third-order valence-electron chi connectivity index (χ3n) is 5.58. The molecule has 1 fully saturated rings. The molecule has 1 amide bonds. The first kappa shape index (κ1) is 19.8. The molecule has 29 heavy (non-hydrogen) atoms. The van der Waals surface area contributed by atoms with E-state index in [1.807, 2.05) is 18.2 Å². The third kappa shape index (κ3) is 5.13. The van der Waals surface area contributed by atoms with Crippen molar-refractivity contribution in [2.75, 3.05) is 0 Å². The van der Waals surface area contributed by atoms with Gasteiger partial charge in [0.2, 0.25) is 5.91 Å². The molecule has 0 spiro atoms. The normalized spacial score (nSPS) is 15.1. The second-order valence-electron chi connectivity index (χ2n) is 7.96. The molecule has 2 aromatic carbocycles. The zero-order valence-corrected chi connectivity index (χ0v) is 17.8. The molecule has 1 heterocycles. The number of carbonyl (C=O) groups excluding carboxylic acids is 1. The van der Waals surface area contributed by atoms with Crippen LogP contribution < -0.4 is 5.32 Å². The summed E-state index contributed by atoms with van der Waals surface area (Å²) in [4.78, 5) is 18.8. The number of hydrogen-bond acceptors (Lipinski definition) is 3. The topological polar surface area (TPSA) is 42.0 Å². The fourth-order valence-corrected chi connectivity index (χ4v) is 5.05. The number of nitrogens with zero attached hydrogens (tertiary/aromatic N) is 1. The van der Waals surface area contributed by atoms with E-state index >= 15 is 0 Å². The molecule has 1 aromatic heterocycles. The first-order valence-electron chi connectivity index (χ1n) is 10.6. The van der Waals surface area contributed by atoms with Crippen LogP contribution in [0.3, 0.4) is 0 Å². The molecular weight excluding hydrogens is 376 g/mol. The molecule has 0 saturated heterocycles. The highest BCUT2D eigenvalue weighted by Gasteiger charge is 2.20. The minimum atomic E-state index is 0.0928. The minimum Gasteiger partial charge on any atom is -0.353 e. The summed E-state index contributed by atoms with van der Waals surface area (Å²) >= 11 is 1.67. The molecule has 1 aliphatic rings. The van der Waals surface area contributed by atoms with E-state index in [9.17, 15) is 4.79 Å². The Balaban J connectivity index is 1.59. The molecule has 4 rings (SSSR count). The van der Waals surface area contributed by atoms with Gasteiger partial charge in [-0.25, -0.2) is 4.98 Å². The maximum absolute atomic E-state index is 12.8. The summed E-state index contributed by atoms with van der Waals surface area (Å²) in [7, 11) is 0. The Labute approximate surface area is 177 Å². The number of thiazole rings is 1. The summed E-state index contributed by atoms with van der Waals surface area (Å²) in [6.45, 7) is 2.09. The van der Waals surface area contributed by atoms with E-state index in [2.05, 4.69) is 48.6 Å². The SMILES string of the molecule is Cc1ccc(-c2sc(-c3ccccc3)nc2CC(=O)NC2CCCCCC2)cc1. The van der Waals surface area contributed by atoms with Crippen molar-refractivity contribution < 1.29 is 4.79 Å². The van der Waals surface area contributed by atoms with Crippen LogP contribution in [0.15, 0.2) is 54.6 Å². The van der Waals surface area contributed by atoms with Crippen molar-refractivity contribution in [2.45, 2.75) is 57.9 Å². The average Bonchev–Trinajstić information content (AvgIpc) is 2.97. The zero-order chi connectivity index (χ0) is 20.1. The number of carbonyl (C=O) groups is 1. The van der Waals surface area contributed by atoms with E-state index in [-0.39, 0.29) is 5.91 Å². The summed E-state index contributed by atoms with van der Waals surface area (Å²) in [5.74, 6) is 0.0928. The Morgan fingerprint density at radius 1 is 0.966 bits per heavy atom. The van der Waals surface area contributed by atoms with Crippen LogP contribution in [-0.2, 0) is 11.2 Å². The van der Waals surface area contributed by atoms with Crippen LogP contribution in [0.4, 0.5) is 0 Å². The highest BCUT2D eigenvalue weighted by molar-refractivity contribution is 7.18. The molecule has 4 heteroatoms. The van der Waals surface area contributed by atoms with Crippen LogP contribution >= 0.6 is 11.3 Å². The fourth-order valence-electron chi connectivity index (χ4n) is 3.96. The first-order valence-corrected chi connectivity index (χ1v) is 11.4. The van der Waals surface area contributed by atoms with Crippen molar-refractivity contribution in [3.05, 3.63) is 65.9 Å². The molecule has 1 aliphatic carbocycles. The molecular formula is C25H28N2OS. The Hall–Kier alpha value is -2.46. The predicted molar refractivity (Wildman–Crippen MR) is 121 cm³/mol. The molecule has 150 valence electrons. The molecule has 3 aromatic rings. The Kier molecular flexibility index (Phi) is 6.40. The van der Waals surface area contributed by atoms with Gasteiger partial charge in [-0.3, -0.25) is 4.79 Å². The molecule has 0 unspecified atom stereocenters. The van der Waals surface area contributed by atoms with Gasteiger partial charge in [-0.1, -0.05) is 85.8 Å². The van der Waals surface area contributed by atoms with Gasteiger partial charge in [0.05, 0.1) is 17.0 Å². The highest BCUT2D eigenvalue weighted by atomic mass is 32.1. The molecule has 0 aliphatic heterocycles. The van der Waals surface area contributed by atoms with Crippen LogP contribution in [0.1, 0.15) is 49.8 Å². The number of amides is 1. The van der Waals surface area contributed by atoms with Crippen molar-refractivity contribution >= 4 is 17.2 Å². The highest BCUT2D eigenvalue weighted by Crippen LogP contribution is 2.36. The van der Waals surface area contributed by atoms with Crippen molar-refractivity contribution in [1.82, 2.24) is 10.3 Å². The lowest BCUT2D eigenvalue weighted by Gasteiger charge is -2.16. The van der Waals surface area contributed by atoms with Crippen LogP contribution in [-0.4, -0.2) is 16.9 Å². The van der Waals surface area contributed by atoms with Crippen molar-refractivity contribution in [1.29, 1.82) is 0 Å². The number of rotatable bonds is 5. The Morgan fingerprint density at radius 2 is 1.66 bits per heavy atom. The molecule has 1 saturated carbocycles. The van der Waals surface area contributed by atoms with Gasteiger partial charge in [0.1, 0.15) is 5.01 Å². The van der Waals surface area contributed by atoms with E-state index in [1.54, 1.807) is 11.3 Å². The lowest BCUT2D eigenvalue weighted by Crippen LogP contribution is -2.35. The first-order chi connectivity index (χ1) is 14.2. The second kappa shape index (κ2) is 9.36. The summed E-state index contributed by atoms with van der Waals surface area (Å²) in [5.41, 5.74) is 4.34. The lowest BCUT2D eigenvalue weighted by molar-refractivity contribution is -0.121. The van der Waals surface area contributed by atoms with E-state index in [0.29, 0.717) is 12.5 Å². The Bertz CT molecular complexity index is 939. The van der Waals surface area contributed by atoms with Gasteiger partial charge >= 0.3 is 0 Å². The zero-order valence-electron chi connectivity index (χ0n) is 17.0. The van der Waals surface area contributed by atoms with Gasteiger partial charge in [-0.05, 0) is 25.3 Å². The Morgan fingerprint density at radius 3 is 2.34 bits per heavy atom. The van der Waals surface area contributed by atoms with E-state index < -0.39 is 0 Å². The monoisotopic (exact) mass is 404 g/mol. The smallest absolute Gasteiger partial charge is 0.226 e. The van der Waals surface area contributed by atoms with Crippen LogP contribution in [0.2, 0.25) is 0 Å². The van der Waals surface area contributed by atoms with Gasteiger partial charge < -0.3 is 5.32 Å². The number of benzene rings is 2. The van der Waals surface area contributed by atoms with Crippen LogP contribution in [0.25, 0.3) is 21.0 Å². The molecule has 1 N–H and O–H groups in total. The lowest BCUT2D eigenvalue weighted by atomic mass is 10.1. The van der Waals surface area contributed by atoms with Crippen LogP contribution in [0.5, 0.6) is 0 Å². The van der Waals surface area contributed by atoms with E-state index in [4.69, 9.17) is 4.98 Å². The third-order valence-corrected chi connectivity index (χ3v) is 6.78. The maximum atomic E-state index is 12.8. The molecule has 3 nitrogen and oxygen atoms in total. The standard InChI is InChI=1S/C25H28N2OS/c1-18-13-15-19(16-14-18)24-22(27-25(29-24)20-9-5-4-6-10-20)17-23(28)26-21-11-7-2-3-8-12-21/h4-6,9-10,13-16,21H,2-3,7-8,11-12,17H2,1H3,(H,26,28). The van der Waals surface area contributed by atoms with Crippen LogP contribution in [0, 0.1) is 6.92 Å². The molecule has 0 bridgehead atoms. The van der Waals surface area contributed by atoms with Crippen molar-refractivity contribution in [3.8, 4) is 21.0 Å². The summed E-state index contributed by atoms with van der Waals surface area (Å²) in [6, 6.07) is 19.0. The molecule has 0 atom stereocenters. The summed E-state index contributed by atoms with van der Waals surface area (Å²) in [5, 5.41) is 4.24.